The van der Waals surface area contributed by atoms with E-state index in [-0.39, 0.29) is 17.7 Å². The predicted molar refractivity (Wildman–Crippen MR) is 116 cm³/mol. The number of benzene rings is 2. The van der Waals surface area contributed by atoms with Crippen molar-refractivity contribution in [1.29, 1.82) is 4.78 Å². The van der Waals surface area contributed by atoms with E-state index in [0.29, 0.717) is 0 Å². The summed E-state index contributed by atoms with van der Waals surface area (Å²) in [7, 11) is -3.39. The zero-order valence-electron chi connectivity index (χ0n) is 16.9. The summed E-state index contributed by atoms with van der Waals surface area (Å²) in [6, 6.07) is 10.2. The Morgan fingerprint density at radius 2 is 1.75 bits per heavy atom. The van der Waals surface area contributed by atoms with Crippen molar-refractivity contribution in [1.82, 2.24) is 10.2 Å². The van der Waals surface area contributed by atoms with Crippen LogP contribution < -0.4 is 5.73 Å². The maximum Gasteiger partial charge on any atom is 0.395 e. The number of carboxylic acids is 1. The molecule has 0 aliphatic rings. The molecule has 0 aliphatic carbocycles. The second-order valence-corrected chi connectivity index (χ2v) is 10.1. The minimum atomic E-state index is -4.58. The number of aromatic nitrogens is 2. The molecule has 0 saturated heterocycles. The molecule has 0 radical (unpaired) electrons. The molecule has 3 atom stereocenters. The van der Waals surface area contributed by atoms with Crippen molar-refractivity contribution >= 4 is 26.6 Å². The van der Waals surface area contributed by atoms with Gasteiger partial charge in [0.15, 0.2) is 0 Å². The Hall–Kier alpha value is -2.92. The molecule has 1 heterocycles. The normalized spacial score (nSPS) is 15.9. The summed E-state index contributed by atoms with van der Waals surface area (Å²) in [4.78, 5) is 10.7. The van der Waals surface area contributed by atoms with Gasteiger partial charge in [-0.3, -0.25) is 14.7 Å². The van der Waals surface area contributed by atoms with Crippen LogP contribution in [0.2, 0.25) is 0 Å². The Bertz CT molecular complexity index is 1190. The van der Waals surface area contributed by atoms with Gasteiger partial charge in [0.25, 0.3) is 0 Å². The van der Waals surface area contributed by atoms with Gasteiger partial charge in [0.1, 0.15) is 6.04 Å². The summed E-state index contributed by atoms with van der Waals surface area (Å²) in [5.74, 6) is -4.05. The monoisotopic (exact) mass is 468 g/mol. The topological polar surface area (TPSA) is 133 Å². The van der Waals surface area contributed by atoms with E-state index in [1.807, 2.05) is 18.2 Å². The molecule has 0 bridgehead atoms. The molecule has 0 saturated carbocycles. The van der Waals surface area contributed by atoms with E-state index in [4.69, 9.17) is 15.6 Å². The van der Waals surface area contributed by atoms with Crippen molar-refractivity contribution in [2.75, 3.05) is 11.5 Å². The molecule has 32 heavy (non-hydrogen) atoms. The number of carboxylic acid groups (broad SMARTS) is 1. The third-order valence-corrected chi connectivity index (χ3v) is 7.09. The first-order valence-electron chi connectivity index (χ1n) is 9.79. The summed E-state index contributed by atoms with van der Waals surface area (Å²) < 4.78 is 61.3. The Morgan fingerprint density at radius 3 is 2.38 bits per heavy atom. The number of alkyl halides is 3. The van der Waals surface area contributed by atoms with Crippen molar-refractivity contribution in [2.24, 2.45) is 5.73 Å². The molecule has 3 aromatic rings. The van der Waals surface area contributed by atoms with Crippen molar-refractivity contribution < 1.29 is 27.3 Å². The Morgan fingerprint density at radius 1 is 1.12 bits per heavy atom. The van der Waals surface area contributed by atoms with Gasteiger partial charge in [0.2, 0.25) is 0 Å². The minimum absolute atomic E-state index is 0.0151. The Kier molecular flexibility index (Phi) is 6.89. The van der Waals surface area contributed by atoms with E-state index in [1.165, 1.54) is 12.1 Å². The number of nitrogens with one attached hydrogen (secondary N) is 2. The molecule has 11 heteroatoms. The van der Waals surface area contributed by atoms with Crippen LogP contribution in [0.25, 0.3) is 22.0 Å². The lowest BCUT2D eigenvalue weighted by molar-refractivity contribution is -0.150. The van der Waals surface area contributed by atoms with Gasteiger partial charge in [-0.2, -0.15) is 18.3 Å². The first kappa shape index (κ1) is 23.7. The highest BCUT2D eigenvalue weighted by Gasteiger charge is 2.40. The zero-order valence-corrected chi connectivity index (χ0v) is 17.7. The number of fused-ring (bicyclic) bond motifs is 1. The first-order valence-corrected chi connectivity index (χ1v) is 11.7. The van der Waals surface area contributed by atoms with Crippen molar-refractivity contribution in [3.05, 3.63) is 54.2 Å². The average molecular weight is 469 g/mol. The molecular formula is C21H23F3N4O3S. The Labute approximate surface area is 182 Å². The SMILES string of the molecule is N=S(=O)(CCC(c1ccc(-c2ccc3cn[nH]c3c2)cc1)C(F)(F)F)CC[C@H](N)C(=O)O. The van der Waals surface area contributed by atoms with E-state index < -0.39 is 46.0 Å². The van der Waals surface area contributed by atoms with E-state index in [1.54, 1.807) is 18.3 Å². The second kappa shape index (κ2) is 9.29. The van der Waals surface area contributed by atoms with Gasteiger partial charge in [0, 0.05) is 26.6 Å². The molecule has 172 valence electrons. The molecule has 0 amide bonds. The average Bonchev–Trinajstić information content (AvgIpc) is 3.19. The van der Waals surface area contributed by atoms with Gasteiger partial charge >= 0.3 is 12.1 Å². The van der Waals surface area contributed by atoms with Crippen molar-refractivity contribution in [3.8, 4) is 11.1 Å². The molecule has 0 fully saturated rings. The number of hydrogen-bond acceptors (Lipinski definition) is 5. The molecule has 0 spiro atoms. The zero-order chi connectivity index (χ0) is 23.5. The highest BCUT2D eigenvalue weighted by molar-refractivity contribution is 7.92. The molecular weight excluding hydrogens is 445 g/mol. The van der Waals surface area contributed by atoms with Gasteiger partial charge < -0.3 is 10.8 Å². The van der Waals surface area contributed by atoms with Crippen LogP contribution in [0.3, 0.4) is 0 Å². The molecule has 5 N–H and O–H groups in total. The van der Waals surface area contributed by atoms with Crippen LogP contribution in [0.5, 0.6) is 0 Å². The quantitative estimate of drug-likeness (QED) is 0.375. The lowest BCUT2D eigenvalue weighted by Crippen LogP contribution is -2.32. The number of carbonyl (C=O) groups is 1. The van der Waals surface area contributed by atoms with Crippen LogP contribution in [0, 0.1) is 4.78 Å². The Balaban J connectivity index is 1.74. The number of rotatable bonds is 9. The van der Waals surface area contributed by atoms with E-state index in [9.17, 15) is 22.2 Å². The number of aliphatic carboxylic acids is 1. The predicted octanol–water partition coefficient (Wildman–Crippen LogP) is 4.11. The summed E-state index contributed by atoms with van der Waals surface area (Å²) >= 11 is 0. The van der Waals surface area contributed by atoms with Crippen LogP contribution in [-0.2, 0) is 14.5 Å². The fraction of sp³-hybridized carbons (Fsp3) is 0.333. The van der Waals surface area contributed by atoms with Crippen LogP contribution in [0.4, 0.5) is 13.2 Å². The third-order valence-electron chi connectivity index (χ3n) is 5.30. The van der Waals surface area contributed by atoms with Crippen LogP contribution in [-0.4, -0.2) is 49.2 Å². The summed E-state index contributed by atoms with van der Waals surface area (Å²) in [6.07, 6.45) is -3.67. The number of aromatic amines is 1. The summed E-state index contributed by atoms with van der Waals surface area (Å²) in [6.45, 7) is 0. The lowest BCUT2D eigenvalue weighted by atomic mass is 9.93. The highest BCUT2D eigenvalue weighted by Crippen LogP contribution is 2.38. The summed E-state index contributed by atoms with van der Waals surface area (Å²) in [5.41, 5.74) is 7.71. The van der Waals surface area contributed by atoms with Crippen LogP contribution >= 0.6 is 0 Å². The van der Waals surface area contributed by atoms with E-state index in [2.05, 4.69) is 10.2 Å². The van der Waals surface area contributed by atoms with Gasteiger partial charge in [-0.25, -0.2) is 4.21 Å². The smallest absolute Gasteiger partial charge is 0.395 e. The number of nitrogens with zero attached hydrogens (tertiary/aromatic N) is 1. The number of H-pyrrole nitrogens is 1. The van der Waals surface area contributed by atoms with E-state index in [0.717, 1.165) is 22.0 Å². The molecule has 3 rings (SSSR count). The van der Waals surface area contributed by atoms with Crippen molar-refractivity contribution in [2.45, 2.75) is 31.0 Å². The summed E-state index contributed by atoms with van der Waals surface area (Å²) in [5, 5.41) is 16.5. The number of hydrogen-bond donors (Lipinski definition) is 4. The maximum atomic E-state index is 13.7. The van der Waals surface area contributed by atoms with Gasteiger partial charge in [0.05, 0.1) is 17.6 Å². The maximum absolute atomic E-state index is 13.7. The largest absolute Gasteiger partial charge is 0.480 e. The lowest BCUT2D eigenvalue weighted by Gasteiger charge is -2.22. The van der Waals surface area contributed by atoms with Crippen LogP contribution in [0.1, 0.15) is 24.3 Å². The molecule has 0 aliphatic heterocycles. The molecule has 7 nitrogen and oxygen atoms in total. The minimum Gasteiger partial charge on any atom is -0.480 e. The van der Waals surface area contributed by atoms with Gasteiger partial charge in [-0.15, -0.1) is 0 Å². The molecule has 2 aromatic carbocycles. The van der Waals surface area contributed by atoms with Gasteiger partial charge in [-0.05, 0) is 35.6 Å². The van der Waals surface area contributed by atoms with Crippen LogP contribution in [0.15, 0.2) is 48.7 Å². The third kappa shape index (κ3) is 5.86. The fourth-order valence-electron chi connectivity index (χ4n) is 3.39. The second-order valence-electron chi connectivity index (χ2n) is 7.63. The van der Waals surface area contributed by atoms with E-state index >= 15 is 0 Å². The standard InChI is InChI=1S/C21H23F3N4O3S/c22-21(23,24)17(7-9-32(26,31)10-8-18(25)20(29)30)14-3-1-13(2-4-14)15-5-6-16-12-27-28-19(16)11-15/h1-6,11-12,17-18,26H,7-10,25H2,(H,27,28)(H,29,30)/t17?,18-,32?/m0/s1. The molecule has 1 aromatic heterocycles. The number of halogens is 3. The van der Waals surface area contributed by atoms with Gasteiger partial charge in [-0.1, -0.05) is 36.4 Å². The highest BCUT2D eigenvalue weighted by atomic mass is 32.2. The number of nitrogens with two attached hydrogens (primary N) is 1. The van der Waals surface area contributed by atoms with Crippen molar-refractivity contribution in [3.63, 3.8) is 0 Å². The molecule has 2 unspecified atom stereocenters. The fourth-order valence-corrected chi connectivity index (χ4v) is 4.85. The first-order chi connectivity index (χ1) is 15.0.